The molecule has 0 N–H and O–H groups in total. The molecule has 1 amide bonds. The smallest absolute Gasteiger partial charge is 0.226 e. The minimum Gasteiger partial charge on any atom is -0.309 e. The number of benzene rings is 2. The first-order valence-electron chi connectivity index (χ1n) is 9.98. The molecule has 0 aliphatic carbocycles. The van der Waals surface area contributed by atoms with E-state index in [4.69, 9.17) is 11.6 Å². The summed E-state index contributed by atoms with van der Waals surface area (Å²) in [6.45, 7) is 7.06. The van der Waals surface area contributed by atoms with Crippen LogP contribution < -0.4 is 4.90 Å². The third-order valence-electron chi connectivity index (χ3n) is 5.44. The van der Waals surface area contributed by atoms with Gasteiger partial charge in [-0.05, 0) is 54.7 Å². The summed E-state index contributed by atoms with van der Waals surface area (Å²) in [6, 6.07) is 16.9. The van der Waals surface area contributed by atoms with Crippen molar-refractivity contribution in [3.05, 3.63) is 64.7 Å². The zero-order valence-electron chi connectivity index (χ0n) is 16.3. The van der Waals surface area contributed by atoms with Crippen LogP contribution in [0.3, 0.4) is 0 Å². The predicted octanol–water partition coefficient (Wildman–Crippen LogP) is 5.31. The number of carbonyl (C=O) groups is 1. The Kier molecular flexibility index (Phi) is 6.92. The number of hydrogen-bond acceptors (Lipinski definition) is 2. The first-order valence-corrected chi connectivity index (χ1v) is 10.4. The Morgan fingerprint density at radius 3 is 2.15 bits per heavy atom. The molecule has 3 rings (SSSR count). The first kappa shape index (κ1) is 19.9. The number of carbonyl (C=O) groups excluding carboxylic acids is 1. The number of aryl methyl sites for hydroxylation is 1. The lowest BCUT2D eigenvalue weighted by Crippen LogP contribution is -2.47. The van der Waals surface area contributed by atoms with E-state index in [1.807, 2.05) is 24.0 Å². The standard InChI is InChI=1S/C23H29ClN2O/c1-3-18-7-11-21(12-8-18)26(23(27)4-2)22-13-15-25(16-14-22)17-19-5-9-20(24)10-6-19/h5-12,22H,3-4,13-17H2,1-2H3. The fourth-order valence-corrected chi connectivity index (χ4v) is 3.93. The lowest BCUT2D eigenvalue weighted by molar-refractivity contribution is -0.119. The van der Waals surface area contributed by atoms with E-state index in [9.17, 15) is 4.79 Å². The zero-order valence-corrected chi connectivity index (χ0v) is 17.1. The van der Waals surface area contributed by atoms with Crippen molar-refractivity contribution in [2.75, 3.05) is 18.0 Å². The summed E-state index contributed by atoms with van der Waals surface area (Å²) < 4.78 is 0. The van der Waals surface area contributed by atoms with E-state index in [2.05, 4.69) is 48.2 Å². The van der Waals surface area contributed by atoms with Gasteiger partial charge < -0.3 is 4.90 Å². The van der Waals surface area contributed by atoms with Gasteiger partial charge in [-0.1, -0.05) is 49.7 Å². The molecule has 0 saturated carbocycles. The van der Waals surface area contributed by atoms with Crippen LogP contribution in [0.4, 0.5) is 5.69 Å². The van der Waals surface area contributed by atoms with Crippen molar-refractivity contribution >= 4 is 23.2 Å². The number of piperidine rings is 1. The molecule has 0 unspecified atom stereocenters. The molecule has 27 heavy (non-hydrogen) atoms. The second-order valence-corrected chi connectivity index (χ2v) is 7.71. The second-order valence-electron chi connectivity index (χ2n) is 7.27. The Morgan fingerprint density at radius 2 is 1.59 bits per heavy atom. The van der Waals surface area contributed by atoms with Crippen molar-refractivity contribution in [3.8, 4) is 0 Å². The number of nitrogens with zero attached hydrogens (tertiary/aromatic N) is 2. The maximum atomic E-state index is 12.7. The molecule has 0 atom stereocenters. The molecule has 3 nitrogen and oxygen atoms in total. The maximum absolute atomic E-state index is 12.7. The van der Waals surface area contributed by atoms with E-state index in [0.717, 1.165) is 49.6 Å². The third kappa shape index (κ3) is 5.12. The van der Waals surface area contributed by atoms with Gasteiger partial charge in [0.25, 0.3) is 0 Å². The Hall–Kier alpha value is -1.84. The second kappa shape index (κ2) is 9.38. The van der Waals surface area contributed by atoms with Gasteiger partial charge in [0.2, 0.25) is 5.91 Å². The van der Waals surface area contributed by atoms with Crippen LogP contribution in [0.1, 0.15) is 44.2 Å². The highest BCUT2D eigenvalue weighted by molar-refractivity contribution is 6.30. The fraction of sp³-hybridized carbons (Fsp3) is 0.435. The van der Waals surface area contributed by atoms with Crippen molar-refractivity contribution < 1.29 is 4.79 Å². The molecular weight excluding hydrogens is 356 g/mol. The molecule has 1 aliphatic rings. The number of anilines is 1. The van der Waals surface area contributed by atoms with Gasteiger partial charge in [-0.2, -0.15) is 0 Å². The van der Waals surface area contributed by atoms with Gasteiger partial charge in [0.05, 0.1) is 0 Å². The summed E-state index contributed by atoms with van der Waals surface area (Å²) in [5.74, 6) is 0.218. The van der Waals surface area contributed by atoms with Crippen LogP contribution in [0.15, 0.2) is 48.5 Å². The average Bonchev–Trinajstić information content (AvgIpc) is 2.71. The van der Waals surface area contributed by atoms with Gasteiger partial charge >= 0.3 is 0 Å². The van der Waals surface area contributed by atoms with Gasteiger partial charge in [0, 0.05) is 42.8 Å². The summed E-state index contributed by atoms with van der Waals surface area (Å²) in [6.07, 6.45) is 3.58. The predicted molar refractivity (Wildman–Crippen MR) is 113 cm³/mol. The Bertz CT molecular complexity index is 734. The number of likely N-dealkylation sites (tertiary alicyclic amines) is 1. The molecule has 0 aromatic heterocycles. The van der Waals surface area contributed by atoms with Crippen molar-refractivity contribution in [2.24, 2.45) is 0 Å². The highest BCUT2D eigenvalue weighted by Crippen LogP contribution is 2.26. The SMILES string of the molecule is CCC(=O)N(c1ccc(CC)cc1)C1CCN(Cc2ccc(Cl)cc2)CC1. The molecular formula is C23H29ClN2O. The topological polar surface area (TPSA) is 23.6 Å². The minimum absolute atomic E-state index is 0.218. The molecule has 4 heteroatoms. The summed E-state index contributed by atoms with van der Waals surface area (Å²) in [5.41, 5.74) is 3.63. The maximum Gasteiger partial charge on any atom is 0.226 e. The highest BCUT2D eigenvalue weighted by Gasteiger charge is 2.28. The van der Waals surface area contributed by atoms with E-state index < -0.39 is 0 Å². The molecule has 0 spiro atoms. The minimum atomic E-state index is 0.218. The van der Waals surface area contributed by atoms with Crippen molar-refractivity contribution in [1.29, 1.82) is 0 Å². The van der Waals surface area contributed by atoms with Crippen LogP contribution >= 0.6 is 11.6 Å². The molecule has 0 radical (unpaired) electrons. The van der Waals surface area contributed by atoms with Gasteiger partial charge in [0.15, 0.2) is 0 Å². The van der Waals surface area contributed by atoms with Crippen LogP contribution in [-0.2, 0) is 17.8 Å². The molecule has 1 saturated heterocycles. The monoisotopic (exact) mass is 384 g/mol. The van der Waals surface area contributed by atoms with Crippen LogP contribution in [-0.4, -0.2) is 29.9 Å². The summed E-state index contributed by atoms with van der Waals surface area (Å²) in [5, 5.41) is 0.778. The summed E-state index contributed by atoms with van der Waals surface area (Å²) in [7, 11) is 0. The fourth-order valence-electron chi connectivity index (χ4n) is 3.80. The van der Waals surface area contributed by atoms with E-state index in [-0.39, 0.29) is 11.9 Å². The first-order chi connectivity index (χ1) is 13.1. The van der Waals surface area contributed by atoms with Crippen molar-refractivity contribution in [2.45, 2.75) is 52.1 Å². The molecule has 0 bridgehead atoms. The molecule has 1 aliphatic heterocycles. The number of rotatable bonds is 6. The van der Waals surface area contributed by atoms with Crippen molar-refractivity contribution in [1.82, 2.24) is 4.90 Å². The highest BCUT2D eigenvalue weighted by atomic mass is 35.5. The average molecular weight is 385 g/mol. The number of amides is 1. The normalized spacial score (nSPS) is 15.7. The molecule has 2 aromatic carbocycles. The van der Waals surface area contributed by atoms with Crippen LogP contribution in [0.25, 0.3) is 0 Å². The van der Waals surface area contributed by atoms with E-state index in [0.29, 0.717) is 6.42 Å². The lowest BCUT2D eigenvalue weighted by Gasteiger charge is -2.38. The summed E-state index contributed by atoms with van der Waals surface area (Å²) in [4.78, 5) is 17.2. The Morgan fingerprint density at radius 1 is 1.00 bits per heavy atom. The molecule has 2 aromatic rings. The van der Waals surface area contributed by atoms with E-state index in [1.54, 1.807) is 0 Å². The third-order valence-corrected chi connectivity index (χ3v) is 5.69. The Balaban J connectivity index is 1.65. The van der Waals surface area contributed by atoms with Crippen LogP contribution in [0.2, 0.25) is 5.02 Å². The Labute approximate surface area is 167 Å². The quantitative estimate of drug-likeness (QED) is 0.673. The molecule has 1 heterocycles. The van der Waals surface area contributed by atoms with Gasteiger partial charge in [-0.3, -0.25) is 9.69 Å². The van der Waals surface area contributed by atoms with Crippen molar-refractivity contribution in [3.63, 3.8) is 0 Å². The van der Waals surface area contributed by atoms with E-state index >= 15 is 0 Å². The zero-order chi connectivity index (χ0) is 19.2. The summed E-state index contributed by atoms with van der Waals surface area (Å²) >= 11 is 5.98. The number of halogens is 1. The molecule has 144 valence electrons. The van der Waals surface area contributed by atoms with Crippen LogP contribution in [0, 0.1) is 0 Å². The van der Waals surface area contributed by atoms with Crippen LogP contribution in [0.5, 0.6) is 0 Å². The lowest BCUT2D eigenvalue weighted by atomic mass is 10.0. The largest absolute Gasteiger partial charge is 0.309 e. The van der Waals surface area contributed by atoms with Gasteiger partial charge in [-0.25, -0.2) is 0 Å². The van der Waals surface area contributed by atoms with Gasteiger partial charge in [0.1, 0.15) is 0 Å². The molecule has 1 fully saturated rings. The number of hydrogen-bond donors (Lipinski definition) is 0. The van der Waals surface area contributed by atoms with E-state index in [1.165, 1.54) is 11.1 Å². The van der Waals surface area contributed by atoms with Gasteiger partial charge in [-0.15, -0.1) is 0 Å².